The van der Waals surface area contributed by atoms with Crippen molar-refractivity contribution in [3.8, 4) is 5.75 Å². The third kappa shape index (κ3) is 3.18. The van der Waals surface area contributed by atoms with Crippen LogP contribution in [0.4, 0.5) is 0 Å². The summed E-state index contributed by atoms with van der Waals surface area (Å²) in [5, 5.41) is 6.11. The van der Waals surface area contributed by atoms with Crippen LogP contribution < -0.4 is 10.2 Å². The van der Waals surface area contributed by atoms with Crippen molar-refractivity contribution in [1.29, 1.82) is 0 Å². The van der Waals surface area contributed by atoms with E-state index in [0.29, 0.717) is 11.4 Å². The molecule has 0 aliphatic rings. The molecule has 0 bridgehead atoms. The van der Waals surface area contributed by atoms with Crippen molar-refractivity contribution < 1.29 is 9.53 Å². The Bertz CT molecular complexity index is 861. The second-order valence-electron chi connectivity index (χ2n) is 4.82. The van der Waals surface area contributed by atoms with Gasteiger partial charge in [-0.1, -0.05) is 36.4 Å². The Morgan fingerprint density at radius 2 is 1.96 bits per heavy atom. The molecule has 3 aromatic rings. The Hall–Kier alpha value is -3.21. The van der Waals surface area contributed by atoms with E-state index in [-0.39, 0.29) is 5.91 Å². The van der Waals surface area contributed by atoms with E-state index < -0.39 is 0 Å². The maximum atomic E-state index is 11.9. The smallest absolute Gasteiger partial charge is 0.289 e. The summed E-state index contributed by atoms with van der Waals surface area (Å²) in [7, 11) is 1.61. The molecular formula is C18H15N3O2. The second-order valence-corrected chi connectivity index (χ2v) is 4.82. The summed E-state index contributed by atoms with van der Waals surface area (Å²) >= 11 is 0. The van der Waals surface area contributed by atoms with E-state index in [0.717, 1.165) is 16.3 Å². The van der Waals surface area contributed by atoms with E-state index in [2.05, 4.69) is 15.5 Å². The monoisotopic (exact) mass is 305 g/mol. The molecule has 114 valence electrons. The third-order valence-corrected chi connectivity index (χ3v) is 3.41. The lowest BCUT2D eigenvalue weighted by atomic mass is 10.0. The first kappa shape index (κ1) is 14.7. The van der Waals surface area contributed by atoms with Gasteiger partial charge in [0.25, 0.3) is 5.91 Å². The van der Waals surface area contributed by atoms with Crippen molar-refractivity contribution in [1.82, 2.24) is 10.4 Å². The maximum Gasteiger partial charge on any atom is 0.289 e. The van der Waals surface area contributed by atoms with Gasteiger partial charge in [0.2, 0.25) is 0 Å². The number of ether oxygens (including phenoxy) is 1. The van der Waals surface area contributed by atoms with Crippen molar-refractivity contribution in [3.63, 3.8) is 0 Å². The van der Waals surface area contributed by atoms with Crippen molar-refractivity contribution in [2.45, 2.75) is 0 Å². The molecule has 1 N–H and O–H groups in total. The third-order valence-electron chi connectivity index (χ3n) is 3.41. The molecule has 0 spiro atoms. The topological polar surface area (TPSA) is 63.6 Å². The number of hydrazone groups is 1. The molecule has 0 radical (unpaired) electrons. The molecule has 5 nitrogen and oxygen atoms in total. The van der Waals surface area contributed by atoms with Gasteiger partial charge in [0.1, 0.15) is 11.4 Å². The predicted octanol–water partition coefficient (Wildman–Crippen LogP) is 3.01. The number of benzene rings is 2. The molecule has 23 heavy (non-hydrogen) atoms. The van der Waals surface area contributed by atoms with Gasteiger partial charge in [0, 0.05) is 11.8 Å². The number of rotatable bonds is 4. The Balaban J connectivity index is 1.87. The van der Waals surface area contributed by atoms with Gasteiger partial charge < -0.3 is 4.74 Å². The lowest BCUT2D eigenvalue weighted by Crippen LogP contribution is -2.18. The zero-order valence-corrected chi connectivity index (χ0v) is 12.6. The highest BCUT2D eigenvalue weighted by atomic mass is 16.5. The van der Waals surface area contributed by atoms with Crippen LogP contribution in [-0.4, -0.2) is 24.2 Å². The highest BCUT2D eigenvalue weighted by molar-refractivity contribution is 6.03. The largest absolute Gasteiger partial charge is 0.496 e. The van der Waals surface area contributed by atoms with Gasteiger partial charge in [-0.05, 0) is 29.0 Å². The molecule has 1 heterocycles. The van der Waals surface area contributed by atoms with Crippen molar-refractivity contribution in [2.24, 2.45) is 5.10 Å². The summed E-state index contributed by atoms with van der Waals surface area (Å²) in [4.78, 5) is 15.9. The van der Waals surface area contributed by atoms with Crippen LogP contribution in [0.2, 0.25) is 0 Å². The van der Waals surface area contributed by atoms with Gasteiger partial charge >= 0.3 is 0 Å². The molecule has 1 aromatic heterocycles. The van der Waals surface area contributed by atoms with Crippen LogP contribution in [0, 0.1) is 0 Å². The molecular weight excluding hydrogens is 290 g/mol. The number of methoxy groups -OCH3 is 1. The number of hydrogen-bond acceptors (Lipinski definition) is 4. The van der Waals surface area contributed by atoms with Crippen LogP contribution in [0.15, 0.2) is 65.9 Å². The lowest BCUT2D eigenvalue weighted by molar-refractivity contribution is 0.0950. The van der Waals surface area contributed by atoms with E-state index in [1.165, 1.54) is 0 Å². The normalized spacial score (nSPS) is 10.8. The van der Waals surface area contributed by atoms with Gasteiger partial charge in [0.05, 0.1) is 13.3 Å². The minimum absolute atomic E-state index is 0.314. The molecule has 0 fully saturated rings. The highest BCUT2D eigenvalue weighted by Gasteiger charge is 2.07. The van der Waals surface area contributed by atoms with E-state index in [9.17, 15) is 4.79 Å². The predicted molar refractivity (Wildman–Crippen MR) is 89.8 cm³/mol. The fourth-order valence-corrected chi connectivity index (χ4v) is 2.30. The van der Waals surface area contributed by atoms with Crippen molar-refractivity contribution in [2.75, 3.05) is 7.11 Å². The summed E-state index contributed by atoms with van der Waals surface area (Å²) < 4.78 is 5.38. The molecule has 0 atom stereocenters. The van der Waals surface area contributed by atoms with Gasteiger partial charge in [-0.15, -0.1) is 0 Å². The van der Waals surface area contributed by atoms with Crippen LogP contribution in [-0.2, 0) is 0 Å². The summed E-state index contributed by atoms with van der Waals surface area (Å²) in [6.07, 6.45) is 3.15. The first-order valence-electron chi connectivity index (χ1n) is 7.10. The number of pyridine rings is 1. The molecule has 0 aliphatic carbocycles. The summed E-state index contributed by atoms with van der Waals surface area (Å²) in [6.45, 7) is 0. The van der Waals surface area contributed by atoms with E-state index in [4.69, 9.17) is 4.74 Å². The Morgan fingerprint density at radius 1 is 1.13 bits per heavy atom. The average molecular weight is 305 g/mol. The molecule has 0 aliphatic heterocycles. The first-order chi connectivity index (χ1) is 11.3. The van der Waals surface area contributed by atoms with Gasteiger partial charge in [-0.25, -0.2) is 5.43 Å². The van der Waals surface area contributed by atoms with Crippen LogP contribution in [0.5, 0.6) is 5.75 Å². The Morgan fingerprint density at radius 3 is 2.74 bits per heavy atom. The number of fused-ring (bicyclic) bond motifs is 1. The fourth-order valence-electron chi connectivity index (χ4n) is 2.30. The SMILES string of the molecule is COc1ccc2ccccc2c1/C=N/NC(=O)c1ccccn1. The van der Waals surface area contributed by atoms with Crippen LogP contribution >= 0.6 is 0 Å². The van der Waals surface area contributed by atoms with Crippen LogP contribution in [0.1, 0.15) is 16.1 Å². The Kier molecular flexibility index (Phi) is 4.29. The highest BCUT2D eigenvalue weighted by Crippen LogP contribution is 2.26. The number of amides is 1. The van der Waals surface area contributed by atoms with E-state index in [1.54, 1.807) is 37.7 Å². The summed E-state index contributed by atoms with van der Waals surface area (Å²) in [6, 6.07) is 16.9. The number of carbonyl (C=O) groups excluding carboxylic acids is 1. The van der Waals surface area contributed by atoms with E-state index in [1.807, 2.05) is 36.4 Å². The maximum absolute atomic E-state index is 11.9. The molecule has 0 saturated carbocycles. The van der Waals surface area contributed by atoms with E-state index >= 15 is 0 Å². The zero-order chi connectivity index (χ0) is 16.1. The number of hydrogen-bond donors (Lipinski definition) is 1. The molecule has 2 aromatic carbocycles. The average Bonchev–Trinajstić information content (AvgIpc) is 2.62. The van der Waals surface area contributed by atoms with Gasteiger partial charge in [-0.3, -0.25) is 9.78 Å². The van der Waals surface area contributed by atoms with Crippen molar-refractivity contribution >= 4 is 22.9 Å². The number of carbonyl (C=O) groups is 1. The number of nitrogens with zero attached hydrogens (tertiary/aromatic N) is 2. The quantitative estimate of drug-likeness (QED) is 0.595. The molecule has 1 amide bonds. The van der Waals surface area contributed by atoms with Gasteiger partial charge in [-0.2, -0.15) is 5.10 Å². The minimum atomic E-state index is -0.360. The lowest BCUT2D eigenvalue weighted by Gasteiger charge is -2.08. The van der Waals surface area contributed by atoms with Crippen molar-refractivity contribution in [3.05, 3.63) is 72.1 Å². The summed E-state index contributed by atoms with van der Waals surface area (Å²) in [5.74, 6) is 0.334. The summed E-state index contributed by atoms with van der Waals surface area (Å²) in [5.41, 5.74) is 3.60. The van der Waals surface area contributed by atoms with Gasteiger partial charge in [0.15, 0.2) is 0 Å². The molecule has 0 saturated heterocycles. The second kappa shape index (κ2) is 6.70. The molecule has 0 unspecified atom stereocenters. The van der Waals surface area contributed by atoms with Crippen LogP contribution in [0.25, 0.3) is 10.8 Å². The Labute approximate surface area is 133 Å². The minimum Gasteiger partial charge on any atom is -0.496 e. The molecule has 3 rings (SSSR count). The number of nitrogens with one attached hydrogen (secondary N) is 1. The molecule has 5 heteroatoms. The van der Waals surface area contributed by atoms with Crippen LogP contribution in [0.3, 0.4) is 0 Å². The first-order valence-corrected chi connectivity index (χ1v) is 7.10. The standard InChI is InChI=1S/C18H15N3O2/c1-23-17-10-9-13-6-2-3-7-14(13)15(17)12-20-21-18(22)16-8-4-5-11-19-16/h2-12H,1H3,(H,21,22)/b20-12+. The zero-order valence-electron chi connectivity index (χ0n) is 12.6. The fraction of sp³-hybridized carbons (Fsp3) is 0.0556. The number of aromatic nitrogens is 1.